The van der Waals surface area contributed by atoms with Crippen molar-refractivity contribution in [1.29, 1.82) is 0 Å². The zero-order chi connectivity index (χ0) is 15.3. The standard InChI is InChI=1S/C16H2NOS2Se/c1-2-3-4-5-6-7-8-9-10-11-12-19-16-17-14(13-21)15(18)20-16/h1,13H/b14-13+. The van der Waals surface area contributed by atoms with Crippen molar-refractivity contribution in [3.8, 4) is 70.9 Å². The molecule has 0 saturated carbocycles. The van der Waals surface area contributed by atoms with Crippen LogP contribution >= 0.6 is 23.5 Å². The van der Waals surface area contributed by atoms with Gasteiger partial charge in [-0.3, -0.25) is 0 Å². The normalized spacial score (nSPS) is 12.4. The van der Waals surface area contributed by atoms with Crippen molar-refractivity contribution in [1.82, 2.24) is 0 Å². The number of carbonyl (C=O) groups excluding carboxylic acids is 1. The Morgan fingerprint density at radius 1 is 1.05 bits per heavy atom. The van der Waals surface area contributed by atoms with Gasteiger partial charge in [-0.25, -0.2) is 0 Å². The molecule has 0 bridgehead atoms. The van der Waals surface area contributed by atoms with Gasteiger partial charge >= 0.3 is 110 Å². The van der Waals surface area contributed by atoms with E-state index in [1.807, 2.05) is 0 Å². The Kier molecular flexibility index (Phi) is 8.31. The van der Waals surface area contributed by atoms with Crippen LogP contribution in [-0.2, 0) is 4.79 Å². The number of terminal acetylenes is 1. The maximum absolute atomic E-state index is 11.3. The summed E-state index contributed by atoms with van der Waals surface area (Å²) in [5.41, 5.74) is 0.396. The van der Waals surface area contributed by atoms with Gasteiger partial charge in [0.25, 0.3) is 0 Å². The molecule has 0 aliphatic carbocycles. The minimum absolute atomic E-state index is 0.0958. The molecule has 0 N–H and O–H groups in total. The molecule has 0 atom stereocenters. The Balaban J connectivity index is 2.47. The molecule has 1 aliphatic rings. The molecule has 2 nitrogen and oxygen atoms in total. The van der Waals surface area contributed by atoms with Crippen molar-refractivity contribution >= 4 is 49.0 Å². The van der Waals surface area contributed by atoms with Gasteiger partial charge in [0, 0.05) is 0 Å². The van der Waals surface area contributed by atoms with Crippen LogP contribution in [0.1, 0.15) is 0 Å². The maximum atomic E-state index is 11.3. The van der Waals surface area contributed by atoms with Gasteiger partial charge in [-0.05, 0) is 23.7 Å². The van der Waals surface area contributed by atoms with Gasteiger partial charge in [0.15, 0.2) is 0 Å². The van der Waals surface area contributed by atoms with Gasteiger partial charge in [-0.15, -0.1) is 6.42 Å². The van der Waals surface area contributed by atoms with Crippen LogP contribution in [0.4, 0.5) is 0 Å². The van der Waals surface area contributed by atoms with Crippen LogP contribution in [-0.4, -0.2) is 25.5 Å². The molecule has 1 aliphatic heterocycles. The molecular weight excluding hydrogens is 365 g/mol. The summed E-state index contributed by atoms with van der Waals surface area (Å²) < 4.78 is 0.583. The first-order valence-electron chi connectivity index (χ1n) is 5.03. The molecule has 0 aromatic carbocycles. The average Bonchev–Trinajstić information content (AvgIpc) is 2.85. The minimum atomic E-state index is -0.0958. The van der Waals surface area contributed by atoms with E-state index >= 15 is 0 Å². The predicted octanol–water partition coefficient (Wildman–Crippen LogP) is 0.967. The van der Waals surface area contributed by atoms with Gasteiger partial charge in [0.2, 0.25) is 0 Å². The summed E-state index contributed by atoms with van der Waals surface area (Å²) in [5.74, 6) is 24.4. The van der Waals surface area contributed by atoms with E-state index in [1.165, 1.54) is 0 Å². The molecule has 0 saturated heterocycles. The third-order valence-electron chi connectivity index (χ3n) is 1.47. The first kappa shape index (κ1) is 16.7. The monoisotopic (exact) mass is 368 g/mol. The van der Waals surface area contributed by atoms with Crippen molar-refractivity contribution in [3.05, 3.63) is 10.7 Å². The Morgan fingerprint density at radius 3 is 2.14 bits per heavy atom. The topological polar surface area (TPSA) is 29.4 Å². The molecule has 0 aromatic rings. The Labute approximate surface area is 140 Å². The van der Waals surface area contributed by atoms with Crippen molar-refractivity contribution in [2.75, 3.05) is 0 Å². The van der Waals surface area contributed by atoms with Crippen LogP contribution in [0.2, 0.25) is 0 Å². The fraction of sp³-hybridized carbons (Fsp3) is 0. The summed E-state index contributed by atoms with van der Waals surface area (Å²) in [6.45, 7) is 0. The predicted molar refractivity (Wildman–Crippen MR) is 89.2 cm³/mol. The number of nitrogens with zero attached hydrogens (tertiary/aromatic N) is 1. The Morgan fingerprint density at radius 2 is 1.62 bits per heavy atom. The second-order valence-electron chi connectivity index (χ2n) is 2.74. The second-order valence-corrected chi connectivity index (χ2v) is 5.25. The molecule has 0 spiro atoms. The van der Waals surface area contributed by atoms with Gasteiger partial charge in [0.05, 0.1) is 0 Å². The summed E-state index contributed by atoms with van der Waals surface area (Å²) in [7, 11) is 0. The van der Waals surface area contributed by atoms with Crippen LogP contribution in [0, 0.1) is 70.9 Å². The van der Waals surface area contributed by atoms with Crippen LogP contribution in [0.15, 0.2) is 15.7 Å². The first-order chi connectivity index (χ1) is 10.3. The van der Waals surface area contributed by atoms with E-state index in [9.17, 15) is 4.79 Å². The fourth-order valence-electron chi connectivity index (χ4n) is 0.766. The van der Waals surface area contributed by atoms with E-state index in [0.29, 0.717) is 10.1 Å². The van der Waals surface area contributed by atoms with Crippen LogP contribution in [0.25, 0.3) is 0 Å². The van der Waals surface area contributed by atoms with Crippen molar-refractivity contribution in [2.45, 2.75) is 0 Å². The molecular formula is C16H2NOS2Se. The number of carbonyl (C=O) groups is 1. The summed E-state index contributed by atoms with van der Waals surface area (Å²) in [6, 6.07) is 0. The SMILES string of the molecule is C#CC#CC#CC#CC#CC#CSC1=N/C(=C/[Se])C(=O)S1. The van der Waals surface area contributed by atoms with E-state index in [1.54, 1.807) is 4.97 Å². The summed E-state index contributed by atoms with van der Waals surface area (Å²) in [5, 5.41) is 2.62. The van der Waals surface area contributed by atoms with Gasteiger partial charge in [0.1, 0.15) is 0 Å². The second kappa shape index (κ2) is 10.4. The molecule has 0 fully saturated rings. The molecule has 5 heteroatoms. The van der Waals surface area contributed by atoms with Crippen molar-refractivity contribution in [2.24, 2.45) is 4.99 Å². The van der Waals surface area contributed by atoms with E-state index in [2.05, 4.69) is 85.5 Å². The summed E-state index contributed by atoms with van der Waals surface area (Å²) in [4.78, 5) is 16.9. The van der Waals surface area contributed by atoms with Crippen LogP contribution in [0.3, 0.4) is 0 Å². The van der Waals surface area contributed by atoms with Gasteiger partial charge < -0.3 is 0 Å². The molecule has 95 valence electrons. The molecule has 1 radical (unpaired) electrons. The van der Waals surface area contributed by atoms with Gasteiger partial charge in [-0.1, -0.05) is 0 Å². The van der Waals surface area contributed by atoms with Crippen LogP contribution < -0.4 is 0 Å². The molecule has 0 amide bonds. The molecule has 1 heterocycles. The van der Waals surface area contributed by atoms with Gasteiger partial charge in [-0.2, -0.15) is 0 Å². The Bertz CT molecular complexity index is 864. The van der Waals surface area contributed by atoms with E-state index < -0.39 is 0 Å². The number of aliphatic imine (C=N–C) groups is 1. The van der Waals surface area contributed by atoms with E-state index in [4.69, 9.17) is 6.42 Å². The number of rotatable bonds is 0. The summed E-state index contributed by atoms with van der Waals surface area (Å²) >= 11 is 4.82. The van der Waals surface area contributed by atoms with E-state index in [0.717, 1.165) is 23.5 Å². The van der Waals surface area contributed by atoms with E-state index in [-0.39, 0.29) is 5.12 Å². The first-order valence-corrected chi connectivity index (χ1v) is 7.65. The van der Waals surface area contributed by atoms with Crippen LogP contribution in [0.5, 0.6) is 0 Å². The quantitative estimate of drug-likeness (QED) is 0.363. The molecule has 1 rings (SSSR count). The molecule has 0 aromatic heterocycles. The third-order valence-corrected chi connectivity index (χ3v) is 3.57. The van der Waals surface area contributed by atoms with Crippen molar-refractivity contribution < 1.29 is 4.79 Å². The average molecular weight is 367 g/mol. The third kappa shape index (κ3) is 7.12. The molecule has 21 heavy (non-hydrogen) atoms. The Hall–Kier alpha value is -2.34. The number of thioether (sulfide) groups is 2. The fourth-order valence-corrected chi connectivity index (χ4v) is 2.63. The number of hydrogen-bond acceptors (Lipinski definition) is 4. The molecule has 0 unspecified atom stereocenters. The summed E-state index contributed by atoms with van der Waals surface area (Å²) in [6.07, 6.45) is 4.91. The number of hydrogen-bond donors (Lipinski definition) is 0. The zero-order valence-corrected chi connectivity index (χ0v) is 13.6. The zero-order valence-electron chi connectivity index (χ0n) is 10.2. The van der Waals surface area contributed by atoms with Crippen molar-refractivity contribution in [3.63, 3.8) is 0 Å².